The Morgan fingerprint density at radius 2 is 1.44 bits per heavy atom. The summed E-state index contributed by atoms with van der Waals surface area (Å²) in [4.78, 5) is 0. The summed E-state index contributed by atoms with van der Waals surface area (Å²) in [5.41, 5.74) is 0.180. The first-order chi connectivity index (χ1) is 7.56. The lowest BCUT2D eigenvalue weighted by atomic mass is 9.94. The van der Waals surface area contributed by atoms with E-state index in [1.54, 1.807) is 19.1 Å². The Hall–Kier alpha value is -0.530. The van der Waals surface area contributed by atoms with Crippen molar-refractivity contribution < 1.29 is 5.11 Å². The van der Waals surface area contributed by atoms with Crippen LogP contribution in [0.1, 0.15) is 53.5 Å². The van der Waals surface area contributed by atoms with Gasteiger partial charge >= 0.3 is 0 Å². The Kier molecular flexibility index (Phi) is 10.8. The normalized spacial score (nSPS) is 12.5. The largest absolute Gasteiger partial charge is 0.385 e. The molecule has 1 unspecified atom stereocenters. The summed E-state index contributed by atoms with van der Waals surface area (Å²) in [7, 11) is 0. The topological polar surface area (TPSA) is 20.2 Å². The Labute approximate surface area is 105 Å². The molecule has 0 aliphatic heterocycles. The van der Waals surface area contributed by atoms with E-state index in [1.807, 2.05) is 46.8 Å². The highest BCUT2D eigenvalue weighted by Crippen LogP contribution is 2.24. The van der Waals surface area contributed by atoms with E-state index in [9.17, 15) is 5.11 Å². The Bertz CT molecular complexity index is 252. The van der Waals surface area contributed by atoms with Crippen LogP contribution in [0.5, 0.6) is 0 Å². The maximum Gasteiger partial charge on any atom is 0.0865 e. The van der Waals surface area contributed by atoms with Crippen molar-refractivity contribution in [2.75, 3.05) is 0 Å². The van der Waals surface area contributed by atoms with Crippen LogP contribution in [-0.2, 0) is 5.60 Å². The van der Waals surface area contributed by atoms with Crippen molar-refractivity contribution in [3.63, 3.8) is 0 Å². The van der Waals surface area contributed by atoms with Crippen LogP contribution in [0.3, 0.4) is 0 Å². The number of benzene rings is 1. The van der Waals surface area contributed by atoms with Crippen molar-refractivity contribution in [2.45, 2.75) is 53.6 Å². The van der Waals surface area contributed by atoms with Crippen LogP contribution in [-0.4, -0.2) is 5.11 Å². The number of rotatable bonds is 2. The van der Waals surface area contributed by atoms with Crippen LogP contribution in [0, 0.1) is 0 Å². The van der Waals surface area contributed by atoms with E-state index in [2.05, 4.69) is 0 Å². The first-order valence-electron chi connectivity index (χ1n) is 6.04. The minimum absolute atomic E-state index is 0.700. The molecule has 0 heterocycles. The van der Waals surface area contributed by atoms with Crippen molar-refractivity contribution >= 4 is 11.6 Å². The van der Waals surface area contributed by atoms with Gasteiger partial charge in [0.05, 0.1) is 5.60 Å². The molecule has 1 atom stereocenters. The fraction of sp³-hybridized carbons (Fsp3) is 0.571. The summed E-state index contributed by atoms with van der Waals surface area (Å²) in [6, 6.07) is 7.29. The van der Waals surface area contributed by atoms with Gasteiger partial charge in [-0.15, -0.1) is 0 Å². The first-order valence-corrected chi connectivity index (χ1v) is 6.42. The Balaban J connectivity index is 0. The van der Waals surface area contributed by atoms with E-state index in [-0.39, 0.29) is 0 Å². The molecule has 1 aromatic rings. The number of aliphatic hydroxyl groups is 1. The third-order valence-corrected chi connectivity index (χ3v) is 2.41. The lowest BCUT2D eigenvalue weighted by Gasteiger charge is -2.21. The molecule has 0 fully saturated rings. The summed E-state index contributed by atoms with van der Waals surface area (Å²) >= 11 is 5.72. The number of hydrogen-bond acceptors (Lipinski definition) is 1. The molecule has 0 saturated carbocycles. The molecule has 0 saturated heterocycles. The summed E-state index contributed by atoms with van der Waals surface area (Å²) in [5.74, 6) is 0. The monoisotopic (exact) mass is 244 g/mol. The van der Waals surface area contributed by atoms with E-state index in [0.717, 1.165) is 5.56 Å². The molecule has 0 aliphatic carbocycles. The molecule has 94 valence electrons. The van der Waals surface area contributed by atoms with Crippen molar-refractivity contribution in [1.29, 1.82) is 0 Å². The van der Waals surface area contributed by atoms with Crippen LogP contribution in [0.4, 0.5) is 0 Å². The first kappa shape index (κ1) is 17.9. The average molecular weight is 245 g/mol. The maximum absolute atomic E-state index is 9.84. The van der Waals surface area contributed by atoms with Crippen molar-refractivity contribution in [3.05, 3.63) is 34.9 Å². The molecular formula is C14H25ClO. The fourth-order valence-corrected chi connectivity index (χ4v) is 1.14. The summed E-state index contributed by atoms with van der Waals surface area (Å²) in [6.07, 6.45) is 0.703. The molecule has 1 rings (SSSR count). The summed E-state index contributed by atoms with van der Waals surface area (Å²) < 4.78 is 0. The number of halogens is 1. The highest BCUT2D eigenvalue weighted by atomic mass is 35.5. The van der Waals surface area contributed by atoms with Gasteiger partial charge < -0.3 is 5.11 Å². The molecule has 1 aromatic carbocycles. The second-order valence-corrected chi connectivity index (χ2v) is 3.57. The highest BCUT2D eigenvalue weighted by Gasteiger charge is 2.19. The van der Waals surface area contributed by atoms with Gasteiger partial charge in [-0.1, -0.05) is 58.4 Å². The quantitative estimate of drug-likeness (QED) is 0.775. The van der Waals surface area contributed by atoms with Gasteiger partial charge in [-0.05, 0) is 31.0 Å². The minimum Gasteiger partial charge on any atom is -0.385 e. The van der Waals surface area contributed by atoms with E-state index in [1.165, 1.54) is 0 Å². The van der Waals surface area contributed by atoms with Gasteiger partial charge in [0, 0.05) is 5.02 Å². The zero-order chi connectivity index (χ0) is 13.2. The zero-order valence-electron chi connectivity index (χ0n) is 11.3. The Morgan fingerprint density at radius 3 is 1.75 bits per heavy atom. The molecule has 0 amide bonds. The molecule has 0 bridgehead atoms. The van der Waals surface area contributed by atoms with Crippen LogP contribution >= 0.6 is 11.6 Å². The highest BCUT2D eigenvalue weighted by molar-refractivity contribution is 6.30. The van der Waals surface area contributed by atoms with Gasteiger partial charge in [0.2, 0.25) is 0 Å². The lowest BCUT2D eigenvalue weighted by Crippen LogP contribution is -2.19. The van der Waals surface area contributed by atoms with Crippen molar-refractivity contribution in [2.24, 2.45) is 0 Å². The van der Waals surface area contributed by atoms with Crippen LogP contribution in [0.25, 0.3) is 0 Å². The molecule has 2 heteroatoms. The molecule has 0 aliphatic rings. The van der Waals surface area contributed by atoms with Gasteiger partial charge in [0.25, 0.3) is 0 Å². The predicted molar refractivity (Wildman–Crippen MR) is 74.0 cm³/mol. The summed E-state index contributed by atoms with van der Waals surface area (Å²) in [5, 5.41) is 10.5. The van der Waals surface area contributed by atoms with E-state index in [4.69, 9.17) is 11.6 Å². The fourth-order valence-electron chi connectivity index (χ4n) is 1.01. The van der Waals surface area contributed by atoms with E-state index < -0.39 is 5.60 Å². The van der Waals surface area contributed by atoms with E-state index in [0.29, 0.717) is 11.4 Å². The molecule has 1 nitrogen and oxygen atoms in total. The predicted octanol–water partition coefficient (Wildman–Crippen LogP) is 5.01. The van der Waals surface area contributed by atoms with Gasteiger partial charge in [-0.2, -0.15) is 0 Å². The second kappa shape index (κ2) is 9.68. The second-order valence-electron chi connectivity index (χ2n) is 3.13. The Morgan fingerprint density at radius 1 is 1.06 bits per heavy atom. The molecule has 1 N–H and O–H groups in total. The number of hydrogen-bond donors (Lipinski definition) is 1. The molecule has 0 radical (unpaired) electrons. The smallest absolute Gasteiger partial charge is 0.0865 e. The zero-order valence-corrected chi connectivity index (χ0v) is 12.1. The van der Waals surface area contributed by atoms with Crippen LogP contribution in [0.15, 0.2) is 24.3 Å². The molecule has 16 heavy (non-hydrogen) atoms. The molecular weight excluding hydrogens is 220 g/mol. The summed E-state index contributed by atoms with van der Waals surface area (Å²) in [6.45, 7) is 11.8. The maximum atomic E-state index is 9.84. The van der Waals surface area contributed by atoms with Gasteiger partial charge in [-0.25, -0.2) is 0 Å². The van der Waals surface area contributed by atoms with Crippen molar-refractivity contribution in [3.8, 4) is 0 Å². The van der Waals surface area contributed by atoms with Crippen molar-refractivity contribution in [1.82, 2.24) is 0 Å². The average Bonchev–Trinajstić information content (AvgIpc) is 2.35. The van der Waals surface area contributed by atoms with Gasteiger partial charge in [0.15, 0.2) is 0 Å². The van der Waals surface area contributed by atoms with Gasteiger partial charge in [-0.3, -0.25) is 0 Å². The standard InChI is InChI=1S/C10H13ClO.2C2H6/c1-3-10(2,12)8-4-6-9(11)7-5-8;2*1-2/h4-7,12H,3H2,1-2H3;2*1-2H3. The SMILES string of the molecule is CC.CC.CCC(C)(O)c1ccc(Cl)cc1. The van der Waals surface area contributed by atoms with Crippen LogP contribution < -0.4 is 0 Å². The third-order valence-electron chi connectivity index (χ3n) is 2.15. The van der Waals surface area contributed by atoms with Gasteiger partial charge in [0.1, 0.15) is 0 Å². The molecule has 0 aromatic heterocycles. The van der Waals surface area contributed by atoms with E-state index >= 15 is 0 Å². The minimum atomic E-state index is -0.732. The van der Waals surface area contributed by atoms with Crippen LogP contribution in [0.2, 0.25) is 5.02 Å². The lowest BCUT2D eigenvalue weighted by molar-refractivity contribution is 0.0531. The third kappa shape index (κ3) is 6.14. The molecule has 0 spiro atoms.